The van der Waals surface area contributed by atoms with Gasteiger partial charge in [0, 0.05) is 19.1 Å². The lowest BCUT2D eigenvalue weighted by molar-refractivity contribution is 0.195. The summed E-state index contributed by atoms with van der Waals surface area (Å²) in [7, 11) is 0. The van der Waals surface area contributed by atoms with Crippen molar-refractivity contribution in [3.63, 3.8) is 0 Å². The standard InChI is InChI=1S/C8H13N5OS/c9-6-1-3-13(4-2-6)8(14)11-7-12-10-5-15-7/h5-6H,1-4,9H2,(H,11,12,14). The number of piperidine rings is 1. The minimum absolute atomic E-state index is 0.112. The number of nitrogens with two attached hydrogens (primary N) is 1. The summed E-state index contributed by atoms with van der Waals surface area (Å²) in [5.41, 5.74) is 7.34. The van der Waals surface area contributed by atoms with Crippen LogP contribution in [0.4, 0.5) is 9.93 Å². The Morgan fingerprint density at radius 3 is 2.93 bits per heavy atom. The van der Waals surface area contributed by atoms with E-state index in [1.807, 2.05) is 0 Å². The summed E-state index contributed by atoms with van der Waals surface area (Å²) in [4.78, 5) is 13.4. The Morgan fingerprint density at radius 2 is 2.33 bits per heavy atom. The van der Waals surface area contributed by atoms with Crippen LogP contribution >= 0.6 is 11.3 Å². The summed E-state index contributed by atoms with van der Waals surface area (Å²) in [5, 5.41) is 10.6. The van der Waals surface area contributed by atoms with Gasteiger partial charge in [-0.2, -0.15) is 0 Å². The molecule has 1 saturated heterocycles. The van der Waals surface area contributed by atoms with E-state index in [4.69, 9.17) is 5.73 Å². The minimum atomic E-state index is -0.112. The molecule has 1 aromatic rings. The molecule has 6 nitrogen and oxygen atoms in total. The Labute approximate surface area is 91.5 Å². The SMILES string of the molecule is NC1CCN(C(=O)Nc2nncs2)CC1. The molecule has 0 radical (unpaired) electrons. The van der Waals surface area contributed by atoms with Crippen molar-refractivity contribution in [1.82, 2.24) is 15.1 Å². The second-order valence-electron chi connectivity index (χ2n) is 3.50. The number of carbonyl (C=O) groups is 1. The topological polar surface area (TPSA) is 84.1 Å². The Bertz CT molecular complexity index is 320. The monoisotopic (exact) mass is 227 g/mol. The summed E-state index contributed by atoms with van der Waals surface area (Å²) >= 11 is 1.31. The average Bonchev–Trinajstić information content (AvgIpc) is 2.71. The van der Waals surface area contributed by atoms with Crippen molar-refractivity contribution in [3.05, 3.63) is 5.51 Å². The molecule has 2 heterocycles. The average molecular weight is 227 g/mol. The van der Waals surface area contributed by atoms with E-state index in [0.717, 1.165) is 12.8 Å². The second kappa shape index (κ2) is 4.54. The molecule has 0 aliphatic carbocycles. The van der Waals surface area contributed by atoms with Crippen LogP contribution in [-0.4, -0.2) is 40.3 Å². The first-order valence-electron chi connectivity index (χ1n) is 4.83. The zero-order chi connectivity index (χ0) is 10.7. The maximum Gasteiger partial charge on any atom is 0.323 e. The van der Waals surface area contributed by atoms with Crippen molar-refractivity contribution in [1.29, 1.82) is 0 Å². The predicted octanol–water partition coefficient (Wildman–Crippen LogP) is 0.493. The molecular weight excluding hydrogens is 214 g/mol. The molecule has 2 amide bonds. The van der Waals surface area contributed by atoms with Crippen molar-refractivity contribution in [2.75, 3.05) is 18.4 Å². The Morgan fingerprint density at radius 1 is 1.60 bits per heavy atom. The van der Waals surface area contributed by atoms with E-state index >= 15 is 0 Å². The second-order valence-corrected chi connectivity index (χ2v) is 4.33. The number of carbonyl (C=O) groups excluding carboxylic acids is 1. The summed E-state index contributed by atoms with van der Waals surface area (Å²) in [5.74, 6) is 0. The Balaban J connectivity index is 1.86. The number of hydrogen-bond donors (Lipinski definition) is 2. The van der Waals surface area contributed by atoms with Crippen LogP contribution in [0.1, 0.15) is 12.8 Å². The lowest BCUT2D eigenvalue weighted by Crippen LogP contribution is -2.44. The van der Waals surface area contributed by atoms with Crippen LogP contribution in [0.5, 0.6) is 0 Å². The van der Waals surface area contributed by atoms with Crippen molar-refractivity contribution < 1.29 is 4.79 Å². The first-order chi connectivity index (χ1) is 7.25. The smallest absolute Gasteiger partial charge is 0.323 e. The molecule has 1 aromatic heterocycles. The maximum absolute atomic E-state index is 11.7. The van der Waals surface area contributed by atoms with Gasteiger partial charge >= 0.3 is 6.03 Å². The number of nitrogens with zero attached hydrogens (tertiary/aromatic N) is 3. The molecule has 1 aliphatic rings. The maximum atomic E-state index is 11.7. The van der Waals surface area contributed by atoms with Crippen LogP contribution in [0.3, 0.4) is 0 Å². The molecule has 1 fully saturated rings. The van der Waals surface area contributed by atoms with Gasteiger partial charge in [-0.05, 0) is 12.8 Å². The largest absolute Gasteiger partial charge is 0.328 e. The van der Waals surface area contributed by atoms with Crippen LogP contribution in [0.25, 0.3) is 0 Å². The van der Waals surface area contributed by atoms with Crippen LogP contribution in [-0.2, 0) is 0 Å². The van der Waals surface area contributed by atoms with Crippen molar-refractivity contribution >= 4 is 22.5 Å². The number of urea groups is 1. The highest BCUT2D eigenvalue weighted by atomic mass is 32.1. The van der Waals surface area contributed by atoms with E-state index in [0.29, 0.717) is 18.2 Å². The van der Waals surface area contributed by atoms with Gasteiger partial charge in [-0.25, -0.2) is 4.79 Å². The Hall–Kier alpha value is -1.21. The van der Waals surface area contributed by atoms with E-state index in [1.165, 1.54) is 11.3 Å². The molecule has 0 saturated carbocycles. The van der Waals surface area contributed by atoms with E-state index in [9.17, 15) is 4.79 Å². The highest BCUT2D eigenvalue weighted by Gasteiger charge is 2.20. The number of amides is 2. The predicted molar refractivity (Wildman–Crippen MR) is 57.7 cm³/mol. The molecule has 3 N–H and O–H groups in total. The van der Waals surface area contributed by atoms with Gasteiger partial charge in [-0.1, -0.05) is 11.3 Å². The first-order valence-corrected chi connectivity index (χ1v) is 5.71. The Kier molecular flexibility index (Phi) is 3.12. The lowest BCUT2D eigenvalue weighted by Gasteiger charge is -2.29. The number of anilines is 1. The summed E-state index contributed by atoms with van der Waals surface area (Å²) < 4.78 is 0. The number of nitrogens with one attached hydrogen (secondary N) is 1. The fourth-order valence-electron chi connectivity index (χ4n) is 1.50. The van der Waals surface area contributed by atoms with Gasteiger partial charge in [-0.3, -0.25) is 5.32 Å². The molecule has 0 aromatic carbocycles. The number of hydrogen-bond acceptors (Lipinski definition) is 5. The highest BCUT2D eigenvalue weighted by Crippen LogP contribution is 2.12. The number of aromatic nitrogens is 2. The molecule has 1 aliphatic heterocycles. The normalized spacial score (nSPS) is 17.8. The molecule has 82 valence electrons. The van der Waals surface area contributed by atoms with Gasteiger partial charge in [0.25, 0.3) is 0 Å². The van der Waals surface area contributed by atoms with Gasteiger partial charge in [0.05, 0.1) is 0 Å². The molecule has 0 atom stereocenters. The summed E-state index contributed by atoms with van der Waals surface area (Å²) in [6, 6.07) is 0.120. The molecule has 0 spiro atoms. The third kappa shape index (κ3) is 2.63. The van der Waals surface area contributed by atoms with Gasteiger partial charge in [0.1, 0.15) is 5.51 Å². The van der Waals surface area contributed by atoms with Crippen LogP contribution < -0.4 is 11.1 Å². The van der Waals surface area contributed by atoms with E-state index in [-0.39, 0.29) is 12.1 Å². The zero-order valence-corrected chi connectivity index (χ0v) is 9.04. The lowest BCUT2D eigenvalue weighted by atomic mass is 10.1. The van der Waals surface area contributed by atoms with E-state index in [1.54, 1.807) is 10.4 Å². The van der Waals surface area contributed by atoms with Gasteiger partial charge in [0.2, 0.25) is 5.13 Å². The fourth-order valence-corrected chi connectivity index (χ4v) is 1.94. The third-order valence-electron chi connectivity index (χ3n) is 2.40. The van der Waals surface area contributed by atoms with Crippen LogP contribution in [0, 0.1) is 0 Å². The zero-order valence-electron chi connectivity index (χ0n) is 8.22. The fraction of sp³-hybridized carbons (Fsp3) is 0.625. The number of likely N-dealkylation sites (tertiary alicyclic amines) is 1. The van der Waals surface area contributed by atoms with Crippen LogP contribution in [0.2, 0.25) is 0 Å². The molecule has 7 heteroatoms. The van der Waals surface area contributed by atoms with E-state index in [2.05, 4.69) is 15.5 Å². The van der Waals surface area contributed by atoms with Crippen molar-refractivity contribution in [3.8, 4) is 0 Å². The molecule has 0 bridgehead atoms. The van der Waals surface area contributed by atoms with Crippen molar-refractivity contribution in [2.24, 2.45) is 5.73 Å². The van der Waals surface area contributed by atoms with Crippen molar-refractivity contribution in [2.45, 2.75) is 18.9 Å². The van der Waals surface area contributed by atoms with Gasteiger partial charge in [0.15, 0.2) is 0 Å². The minimum Gasteiger partial charge on any atom is -0.328 e. The van der Waals surface area contributed by atoms with Crippen LogP contribution in [0.15, 0.2) is 5.51 Å². The van der Waals surface area contributed by atoms with Gasteiger partial charge in [-0.15, -0.1) is 10.2 Å². The summed E-state index contributed by atoms with van der Waals surface area (Å²) in [6.07, 6.45) is 1.73. The molecular formula is C8H13N5OS. The molecule has 15 heavy (non-hydrogen) atoms. The van der Waals surface area contributed by atoms with Gasteiger partial charge < -0.3 is 10.6 Å². The molecule has 0 unspecified atom stereocenters. The quantitative estimate of drug-likeness (QED) is 0.731. The first kappa shape index (κ1) is 10.3. The third-order valence-corrected chi connectivity index (χ3v) is 3.01. The van der Waals surface area contributed by atoms with E-state index < -0.39 is 0 Å². The number of rotatable bonds is 1. The summed E-state index contributed by atoms with van der Waals surface area (Å²) in [6.45, 7) is 1.43. The molecule has 2 rings (SSSR count). The highest BCUT2D eigenvalue weighted by molar-refractivity contribution is 7.13.